The lowest BCUT2D eigenvalue weighted by atomic mass is 10.0. The molecule has 0 aliphatic heterocycles. The maximum Gasteiger partial charge on any atom is 0.306 e. The molecule has 1 aromatic heterocycles. The number of carboxylic acid groups (broad SMARTS) is 1. The van der Waals surface area contributed by atoms with E-state index in [2.05, 4.69) is 5.10 Å². The van der Waals surface area contributed by atoms with Crippen LogP contribution in [0.5, 0.6) is 0 Å². The first kappa shape index (κ1) is 9.77. The number of hydrogen-bond acceptors (Lipinski definition) is 2. The third-order valence-electron chi connectivity index (χ3n) is 2.22. The summed E-state index contributed by atoms with van der Waals surface area (Å²) in [6, 6.07) is 1.85. The third-order valence-corrected chi connectivity index (χ3v) is 2.22. The molecule has 0 spiro atoms. The summed E-state index contributed by atoms with van der Waals surface area (Å²) in [4.78, 5) is 10.7. The van der Waals surface area contributed by atoms with Crippen LogP contribution in [-0.2, 0) is 18.3 Å². The summed E-state index contributed by atoms with van der Waals surface area (Å²) in [5.41, 5.74) is 0.967. The van der Waals surface area contributed by atoms with Gasteiger partial charge in [0, 0.05) is 25.4 Å². The lowest BCUT2D eigenvalue weighted by Crippen LogP contribution is -2.17. The van der Waals surface area contributed by atoms with E-state index >= 15 is 0 Å². The fraction of sp³-hybridized carbons (Fsp3) is 0.556. The van der Waals surface area contributed by atoms with Gasteiger partial charge in [0.15, 0.2) is 0 Å². The molecule has 13 heavy (non-hydrogen) atoms. The van der Waals surface area contributed by atoms with E-state index in [1.54, 1.807) is 10.9 Å². The van der Waals surface area contributed by atoms with Crippen LogP contribution in [0.25, 0.3) is 0 Å². The molecule has 1 rings (SSSR count). The Morgan fingerprint density at radius 1 is 1.77 bits per heavy atom. The van der Waals surface area contributed by atoms with Crippen molar-refractivity contribution in [3.63, 3.8) is 0 Å². The quantitative estimate of drug-likeness (QED) is 0.757. The molecule has 0 radical (unpaired) electrons. The molecule has 0 amide bonds. The number of carbonyl (C=O) groups is 1. The second-order valence-corrected chi connectivity index (χ2v) is 3.09. The Balaban J connectivity index is 2.67. The van der Waals surface area contributed by atoms with Crippen molar-refractivity contribution in [3.8, 4) is 0 Å². The molecule has 0 aromatic carbocycles. The number of carboxylic acids is 1. The van der Waals surface area contributed by atoms with E-state index in [4.69, 9.17) is 5.11 Å². The summed E-state index contributed by atoms with van der Waals surface area (Å²) in [6.07, 6.45) is 2.90. The van der Waals surface area contributed by atoms with Crippen LogP contribution in [0.2, 0.25) is 0 Å². The Morgan fingerprint density at radius 3 is 2.85 bits per heavy atom. The molecule has 4 heteroatoms. The number of hydrogen-bond donors (Lipinski definition) is 1. The third kappa shape index (κ3) is 2.31. The monoisotopic (exact) mass is 182 g/mol. The standard InChI is InChI=1S/C9H14N2O2/c1-3-7(9(12)13)6-8-4-5-10-11(8)2/h4-5,7H,3,6H2,1-2H3,(H,12,13). The van der Waals surface area contributed by atoms with E-state index in [-0.39, 0.29) is 5.92 Å². The van der Waals surface area contributed by atoms with Gasteiger partial charge in [0.2, 0.25) is 0 Å². The fourth-order valence-electron chi connectivity index (χ4n) is 1.26. The number of aromatic nitrogens is 2. The number of rotatable bonds is 4. The van der Waals surface area contributed by atoms with Crippen LogP contribution < -0.4 is 0 Å². The van der Waals surface area contributed by atoms with Crippen molar-refractivity contribution in [2.45, 2.75) is 19.8 Å². The molecular formula is C9H14N2O2. The van der Waals surface area contributed by atoms with Gasteiger partial charge in [-0.25, -0.2) is 0 Å². The Morgan fingerprint density at radius 2 is 2.46 bits per heavy atom. The molecule has 0 bridgehead atoms. The smallest absolute Gasteiger partial charge is 0.306 e. The van der Waals surface area contributed by atoms with Gasteiger partial charge in [-0.05, 0) is 12.5 Å². The normalized spacial score (nSPS) is 12.8. The largest absolute Gasteiger partial charge is 0.481 e. The first-order valence-electron chi connectivity index (χ1n) is 4.34. The molecule has 0 aliphatic carbocycles. The van der Waals surface area contributed by atoms with Gasteiger partial charge in [-0.15, -0.1) is 0 Å². The van der Waals surface area contributed by atoms with Gasteiger partial charge in [0.05, 0.1) is 5.92 Å². The first-order valence-corrected chi connectivity index (χ1v) is 4.34. The fourth-order valence-corrected chi connectivity index (χ4v) is 1.26. The van der Waals surface area contributed by atoms with Gasteiger partial charge in [0.25, 0.3) is 0 Å². The highest BCUT2D eigenvalue weighted by Crippen LogP contribution is 2.11. The van der Waals surface area contributed by atoms with Gasteiger partial charge in [-0.3, -0.25) is 9.48 Å². The first-order chi connectivity index (χ1) is 6.15. The van der Waals surface area contributed by atoms with Crippen LogP contribution in [0, 0.1) is 5.92 Å². The van der Waals surface area contributed by atoms with Crippen LogP contribution >= 0.6 is 0 Å². The van der Waals surface area contributed by atoms with Crippen molar-refractivity contribution in [1.29, 1.82) is 0 Å². The predicted octanol–water partition coefficient (Wildman–Crippen LogP) is 1.07. The van der Waals surface area contributed by atoms with Crippen molar-refractivity contribution < 1.29 is 9.90 Å². The Hall–Kier alpha value is -1.32. The lowest BCUT2D eigenvalue weighted by Gasteiger charge is -2.08. The molecule has 4 nitrogen and oxygen atoms in total. The zero-order chi connectivity index (χ0) is 9.84. The molecule has 0 saturated carbocycles. The van der Waals surface area contributed by atoms with Gasteiger partial charge in [-0.1, -0.05) is 6.92 Å². The summed E-state index contributed by atoms with van der Waals surface area (Å²) in [5.74, 6) is -1.03. The van der Waals surface area contributed by atoms with Crippen molar-refractivity contribution in [1.82, 2.24) is 9.78 Å². The summed E-state index contributed by atoms with van der Waals surface area (Å²) in [6.45, 7) is 1.88. The van der Waals surface area contributed by atoms with E-state index in [9.17, 15) is 4.79 Å². The summed E-state index contributed by atoms with van der Waals surface area (Å²) in [7, 11) is 1.82. The minimum Gasteiger partial charge on any atom is -0.481 e. The van der Waals surface area contributed by atoms with Crippen LogP contribution in [0.1, 0.15) is 19.0 Å². The Kier molecular flexibility index (Phi) is 3.06. The zero-order valence-corrected chi connectivity index (χ0v) is 7.90. The van der Waals surface area contributed by atoms with E-state index < -0.39 is 5.97 Å². The van der Waals surface area contributed by atoms with Gasteiger partial charge in [-0.2, -0.15) is 5.10 Å². The molecule has 0 aliphatic rings. The van der Waals surface area contributed by atoms with Crippen molar-refractivity contribution in [2.75, 3.05) is 0 Å². The molecule has 1 atom stereocenters. The maximum atomic E-state index is 10.7. The van der Waals surface area contributed by atoms with Crippen LogP contribution in [0.15, 0.2) is 12.3 Å². The summed E-state index contributed by atoms with van der Waals surface area (Å²) >= 11 is 0. The van der Waals surface area contributed by atoms with Crippen molar-refractivity contribution in [2.24, 2.45) is 13.0 Å². The van der Waals surface area contributed by atoms with E-state index in [1.165, 1.54) is 0 Å². The number of aliphatic carboxylic acids is 1. The van der Waals surface area contributed by atoms with E-state index in [0.717, 1.165) is 5.69 Å². The number of nitrogens with zero attached hydrogens (tertiary/aromatic N) is 2. The molecule has 0 saturated heterocycles. The SMILES string of the molecule is CCC(Cc1ccnn1C)C(=O)O. The molecule has 1 heterocycles. The van der Waals surface area contributed by atoms with Gasteiger partial charge < -0.3 is 5.11 Å². The highest BCUT2D eigenvalue weighted by Gasteiger charge is 2.16. The highest BCUT2D eigenvalue weighted by molar-refractivity contribution is 5.70. The minimum absolute atomic E-state index is 0.296. The predicted molar refractivity (Wildman–Crippen MR) is 48.3 cm³/mol. The summed E-state index contributed by atoms with van der Waals surface area (Å²) in [5, 5.41) is 12.8. The minimum atomic E-state index is -0.733. The molecule has 72 valence electrons. The maximum absolute atomic E-state index is 10.7. The van der Waals surface area contributed by atoms with E-state index in [1.807, 2.05) is 20.0 Å². The zero-order valence-electron chi connectivity index (χ0n) is 7.90. The molecule has 1 aromatic rings. The van der Waals surface area contributed by atoms with Gasteiger partial charge in [0.1, 0.15) is 0 Å². The molecule has 1 unspecified atom stereocenters. The second-order valence-electron chi connectivity index (χ2n) is 3.09. The van der Waals surface area contributed by atoms with Crippen LogP contribution in [0.4, 0.5) is 0 Å². The Bertz CT molecular complexity index is 294. The van der Waals surface area contributed by atoms with Crippen molar-refractivity contribution in [3.05, 3.63) is 18.0 Å². The number of aryl methyl sites for hydroxylation is 1. The van der Waals surface area contributed by atoms with Crippen LogP contribution in [0.3, 0.4) is 0 Å². The molecular weight excluding hydrogens is 168 g/mol. The summed E-state index contributed by atoms with van der Waals surface area (Å²) < 4.78 is 1.71. The topological polar surface area (TPSA) is 55.1 Å². The average molecular weight is 182 g/mol. The average Bonchev–Trinajstić information content (AvgIpc) is 2.46. The Labute approximate surface area is 77.2 Å². The van der Waals surface area contributed by atoms with Crippen molar-refractivity contribution >= 4 is 5.97 Å². The molecule has 1 N–H and O–H groups in total. The van der Waals surface area contributed by atoms with E-state index in [0.29, 0.717) is 12.8 Å². The lowest BCUT2D eigenvalue weighted by molar-refractivity contribution is -0.141. The van der Waals surface area contributed by atoms with Gasteiger partial charge >= 0.3 is 5.97 Å². The highest BCUT2D eigenvalue weighted by atomic mass is 16.4. The molecule has 0 fully saturated rings. The second kappa shape index (κ2) is 4.07. The van der Waals surface area contributed by atoms with Crippen LogP contribution in [-0.4, -0.2) is 20.9 Å².